The largest absolute Gasteiger partial charge is 0.459 e. The molecule has 0 radical (unpaired) electrons. The minimum atomic E-state index is -3.43. The highest BCUT2D eigenvalue weighted by Crippen LogP contribution is 2.09. The van der Waals surface area contributed by atoms with E-state index in [1.54, 1.807) is 20.8 Å². The zero-order chi connectivity index (χ0) is 15.1. The van der Waals surface area contributed by atoms with E-state index in [4.69, 9.17) is 4.74 Å². The van der Waals surface area contributed by atoms with E-state index < -0.39 is 27.2 Å². The van der Waals surface area contributed by atoms with Crippen molar-refractivity contribution in [3.8, 4) is 0 Å². The van der Waals surface area contributed by atoms with Crippen molar-refractivity contribution in [1.29, 1.82) is 0 Å². The van der Waals surface area contributed by atoms with Crippen molar-refractivity contribution in [2.24, 2.45) is 0 Å². The van der Waals surface area contributed by atoms with Crippen LogP contribution in [0.25, 0.3) is 0 Å². The zero-order valence-corrected chi connectivity index (χ0v) is 13.5. The quantitative estimate of drug-likeness (QED) is 0.687. The first-order valence-corrected chi connectivity index (χ1v) is 8.57. The lowest BCUT2D eigenvalue weighted by Crippen LogP contribution is -2.38. The Morgan fingerprint density at radius 3 is 2.26 bits per heavy atom. The molecule has 0 heterocycles. The van der Waals surface area contributed by atoms with Crippen LogP contribution in [0.2, 0.25) is 0 Å². The molecule has 0 aliphatic rings. The van der Waals surface area contributed by atoms with Crippen LogP contribution in [-0.2, 0) is 19.4 Å². The predicted molar refractivity (Wildman–Crippen MR) is 76.9 cm³/mol. The maximum Gasteiger partial charge on any atom is 0.321 e. The number of carbonyl (C=O) groups excluding carboxylic acids is 1. The number of rotatable bonds is 8. The second-order valence-corrected chi connectivity index (χ2v) is 7.79. The molecule has 0 fully saturated rings. The van der Waals surface area contributed by atoms with Gasteiger partial charge >= 0.3 is 5.97 Å². The van der Waals surface area contributed by atoms with E-state index in [0.29, 0.717) is 6.54 Å². The van der Waals surface area contributed by atoms with Gasteiger partial charge in [0, 0.05) is 6.04 Å². The van der Waals surface area contributed by atoms with Crippen molar-refractivity contribution in [3.63, 3.8) is 0 Å². The van der Waals surface area contributed by atoms with E-state index in [-0.39, 0.29) is 11.8 Å². The molecule has 0 aromatic heterocycles. The predicted octanol–water partition coefficient (Wildman–Crippen LogP) is 1.52. The number of sulfone groups is 1. The Labute approximate surface area is 117 Å². The van der Waals surface area contributed by atoms with Crippen LogP contribution < -0.4 is 5.32 Å². The number of esters is 1. The van der Waals surface area contributed by atoms with Crippen LogP contribution >= 0.6 is 0 Å². The summed E-state index contributed by atoms with van der Waals surface area (Å²) in [5.74, 6) is -1.25. The monoisotopic (exact) mass is 293 g/mol. The molecule has 0 aliphatic carbocycles. The van der Waals surface area contributed by atoms with Gasteiger partial charge in [0.2, 0.25) is 0 Å². The summed E-state index contributed by atoms with van der Waals surface area (Å²) in [7, 11) is -3.43. The Morgan fingerprint density at radius 2 is 1.84 bits per heavy atom. The molecule has 0 rings (SSSR count). The fraction of sp³-hybridized carbons (Fsp3) is 0.923. The topological polar surface area (TPSA) is 72.5 Å². The van der Waals surface area contributed by atoms with Crippen molar-refractivity contribution in [3.05, 3.63) is 0 Å². The molecule has 0 aromatic rings. The SMILES string of the molecule is CCCC(CS(=O)(=O)CC(=O)OC(C)(C)C)NCC. The average Bonchev–Trinajstić information content (AvgIpc) is 2.12. The van der Waals surface area contributed by atoms with Gasteiger partial charge in [-0.1, -0.05) is 20.3 Å². The highest BCUT2D eigenvalue weighted by molar-refractivity contribution is 7.92. The van der Waals surface area contributed by atoms with E-state index >= 15 is 0 Å². The Bertz CT molecular complexity index is 365. The molecular weight excluding hydrogens is 266 g/mol. The first-order chi connectivity index (χ1) is 8.59. The number of carbonyl (C=O) groups is 1. The molecule has 0 amide bonds. The van der Waals surface area contributed by atoms with Crippen molar-refractivity contribution in [2.45, 2.75) is 59.1 Å². The summed E-state index contributed by atoms with van der Waals surface area (Å²) in [4.78, 5) is 11.5. The normalized spacial score (nSPS) is 14.2. The molecule has 114 valence electrons. The molecule has 6 heteroatoms. The smallest absolute Gasteiger partial charge is 0.321 e. The first-order valence-electron chi connectivity index (χ1n) is 6.75. The van der Waals surface area contributed by atoms with Crippen LogP contribution in [0.3, 0.4) is 0 Å². The molecule has 0 saturated carbocycles. The summed E-state index contributed by atoms with van der Waals surface area (Å²) < 4.78 is 28.9. The van der Waals surface area contributed by atoms with Gasteiger partial charge in [-0.2, -0.15) is 0 Å². The Balaban J connectivity index is 4.49. The summed E-state index contributed by atoms with van der Waals surface area (Å²) in [6.07, 6.45) is 1.68. The van der Waals surface area contributed by atoms with Gasteiger partial charge in [0.1, 0.15) is 11.4 Å². The standard InChI is InChI=1S/C13H27NO4S/c1-6-8-11(14-7-2)9-19(16,17)10-12(15)18-13(3,4)5/h11,14H,6-10H2,1-5H3. The molecule has 1 atom stereocenters. The Kier molecular flexibility index (Phi) is 7.59. The molecule has 0 bridgehead atoms. The van der Waals surface area contributed by atoms with E-state index in [1.165, 1.54) is 0 Å². The van der Waals surface area contributed by atoms with Crippen LogP contribution in [0.5, 0.6) is 0 Å². The molecule has 1 N–H and O–H groups in total. The summed E-state index contributed by atoms with van der Waals surface area (Å²) in [5, 5.41) is 3.13. The lowest BCUT2D eigenvalue weighted by Gasteiger charge is -2.20. The maximum atomic E-state index is 11.9. The van der Waals surface area contributed by atoms with E-state index in [0.717, 1.165) is 12.8 Å². The molecule has 0 spiro atoms. The second kappa shape index (κ2) is 7.85. The van der Waals surface area contributed by atoms with Gasteiger partial charge in [0.15, 0.2) is 9.84 Å². The summed E-state index contributed by atoms with van der Waals surface area (Å²) in [5.41, 5.74) is -0.656. The highest BCUT2D eigenvalue weighted by atomic mass is 32.2. The van der Waals surface area contributed by atoms with E-state index in [9.17, 15) is 13.2 Å². The average molecular weight is 293 g/mol. The summed E-state index contributed by atoms with van der Waals surface area (Å²) >= 11 is 0. The van der Waals surface area contributed by atoms with Crippen LogP contribution in [0.1, 0.15) is 47.5 Å². The lowest BCUT2D eigenvalue weighted by molar-refractivity contribution is -0.151. The minimum Gasteiger partial charge on any atom is -0.459 e. The molecule has 0 saturated heterocycles. The molecule has 5 nitrogen and oxygen atoms in total. The molecular formula is C13H27NO4S. The number of ether oxygens (including phenoxy) is 1. The van der Waals surface area contributed by atoms with Crippen LogP contribution in [0.15, 0.2) is 0 Å². The fourth-order valence-corrected chi connectivity index (χ4v) is 3.23. The van der Waals surface area contributed by atoms with Crippen molar-refractivity contribution >= 4 is 15.8 Å². The van der Waals surface area contributed by atoms with E-state index in [2.05, 4.69) is 5.32 Å². The third-order valence-corrected chi connectivity index (χ3v) is 3.93. The third-order valence-electron chi connectivity index (χ3n) is 2.34. The lowest BCUT2D eigenvalue weighted by atomic mass is 10.2. The van der Waals surface area contributed by atoms with Gasteiger partial charge in [0.25, 0.3) is 0 Å². The molecule has 0 aliphatic heterocycles. The fourth-order valence-electron chi connectivity index (χ4n) is 1.80. The Morgan fingerprint density at radius 1 is 1.26 bits per heavy atom. The molecule has 1 unspecified atom stereocenters. The van der Waals surface area contributed by atoms with E-state index in [1.807, 2.05) is 13.8 Å². The van der Waals surface area contributed by atoms with Crippen LogP contribution in [-0.4, -0.2) is 44.1 Å². The number of hydrogen-bond donors (Lipinski definition) is 1. The number of hydrogen-bond acceptors (Lipinski definition) is 5. The van der Waals surface area contributed by atoms with Crippen molar-refractivity contribution < 1.29 is 17.9 Å². The van der Waals surface area contributed by atoms with Crippen molar-refractivity contribution in [2.75, 3.05) is 18.1 Å². The summed E-state index contributed by atoms with van der Waals surface area (Å²) in [6.45, 7) is 9.81. The van der Waals surface area contributed by atoms with Gasteiger partial charge in [-0.15, -0.1) is 0 Å². The van der Waals surface area contributed by atoms with Gasteiger partial charge in [-0.25, -0.2) is 8.42 Å². The molecule has 19 heavy (non-hydrogen) atoms. The minimum absolute atomic E-state index is 0.0199. The van der Waals surface area contributed by atoms with Gasteiger partial charge in [-0.3, -0.25) is 4.79 Å². The van der Waals surface area contributed by atoms with Gasteiger partial charge < -0.3 is 10.1 Å². The Hall–Kier alpha value is -0.620. The number of nitrogens with one attached hydrogen (secondary N) is 1. The van der Waals surface area contributed by atoms with Crippen molar-refractivity contribution in [1.82, 2.24) is 5.32 Å². The first kappa shape index (κ1) is 18.4. The summed E-state index contributed by atoms with van der Waals surface area (Å²) in [6, 6.07) is -0.0950. The second-order valence-electron chi connectivity index (χ2n) is 5.68. The van der Waals surface area contributed by atoms with Gasteiger partial charge in [0.05, 0.1) is 5.75 Å². The third kappa shape index (κ3) is 9.90. The zero-order valence-electron chi connectivity index (χ0n) is 12.7. The van der Waals surface area contributed by atoms with Gasteiger partial charge in [-0.05, 0) is 33.7 Å². The molecule has 0 aromatic carbocycles. The maximum absolute atomic E-state index is 11.9. The highest BCUT2D eigenvalue weighted by Gasteiger charge is 2.25. The van der Waals surface area contributed by atoms with Crippen LogP contribution in [0, 0.1) is 0 Å². The van der Waals surface area contributed by atoms with Crippen LogP contribution in [0.4, 0.5) is 0 Å².